The molecule has 0 bridgehead atoms. The lowest BCUT2D eigenvalue weighted by Gasteiger charge is -2.15. The molecule has 0 aliphatic heterocycles. The highest BCUT2D eigenvalue weighted by Crippen LogP contribution is 2.39. The summed E-state index contributed by atoms with van der Waals surface area (Å²) in [5.41, 5.74) is -0.263. The number of carbonyl (C=O) groups excluding carboxylic acids is 3. The molecule has 9 nitrogen and oxygen atoms in total. The van der Waals surface area contributed by atoms with Gasteiger partial charge in [0, 0.05) is 16.1 Å². The van der Waals surface area contributed by atoms with Gasteiger partial charge in [-0.3, -0.25) is 14.4 Å². The maximum absolute atomic E-state index is 13.6. The predicted molar refractivity (Wildman–Crippen MR) is 174 cm³/mol. The van der Waals surface area contributed by atoms with Crippen molar-refractivity contribution in [1.82, 2.24) is 5.32 Å². The summed E-state index contributed by atoms with van der Waals surface area (Å²) in [5, 5.41) is 7.70. The van der Waals surface area contributed by atoms with E-state index < -0.39 is 29.5 Å². The van der Waals surface area contributed by atoms with Gasteiger partial charge < -0.3 is 30.2 Å². The lowest BCUT2D eigenvalue weighted by atomic mass is 10.1. The third-order valence-corrected chi connectivity index (χ3v) is 7.49. The number of halogens is 3. The van der Waals surface area contributed by atoms with Crippen LogP contribution in [0, 0.1) is 0 Å². The van der Waals surface area contributed by atoms with Crippen molar-refractivity contribution in [1.29, 1.82) is 0 Å². The van der Waals surface area contributed by atoms with Crippen LogP contribution in [0.2, 0.25) is 0 Å². The highest BCUT2D eigenvalue weighted by molar-refractivity contribution is 8.00. The number of para-hydroxylation sites is 1. The van der Waals surface area contributed by atoms with Gasteiger partial charge in [0.05, 0.1) is 38.3 Å². The van der Waals surface area contributed by atoms with Crippen LogP contribution in [0.3, 0.4) is 0 Å². The van der Waals surface area contributed by atoms with Crippen molar-refractivity contribution in [3.8, 4) is 17.2 Å². The van der Waals surface area contributed by atoms with Gasteiger partial charge in [-0.05, 0) is 66.2 Å². The van der Waals surface area contributed by atoms with Crippen LogP contribution in [-0.2, 0) is 15.8 Å². The summed E-state index contributed by atoms with van der Waals surface area (Å²) in [5.74, 6) is -0.998. The molecule has 0 unspecified atom stereocenters. The fourth-order valence-electron chi connectivity index (χ4n) is 4.33. The molecule has 4 rings (SSSR count). The van der Waals surface area contributed by atoms with Crippen molar-refractivity contribution >= 4 is 46.9 Å². The van der Waals surface area contributed by atoms with Crippen LogP contribution in [-0.4, -0.2) is 44.8 Å². The van der Waals surface area contributed by atoms with E-state index in [-0.39, 0.29) is 17.1 Å². The van der Waals surface area contributed by atoms with Crippen LogP contribution in [0.15, 0.2) is 102 Å². The quantitative estimate of drug-likeness (QED) is 0.112. The smallest absolute Gasteiger partial charge is 0.418 e. The number of benzene rings is 4. The molecule has 0 aliphatic rings. The van der Waals surface area contributed by atoms with Gasteiger partial charge in [0.25, 0.3) is 11.8 Å². The zero-order valence-corrected chi connectivity index (χ0v) is 26.3. The Hall–Kier alpha value is -5.43. The van der Waals surface area contributed by atoms with Crippen molar-refractivity contribution in [3.05, 3.63) is 113 Å². The van der Waals surface area contributed by atoms with E-state index in [2.05, 4.69) is 16.0 Å². The van der Waals surface area contributed by atoms with Gasteiger partial charge in [0.15, 0.2) is 11.5 Å². The van der Waals surface area contributed by atoms with E-state index >= 15 is 0 Å². The number of carbonyl (C=O) groups is 3. The lowest BCUT2D eigenvalue weighted by Crippen LogP contribution is -2.30. The Labute approximate surface area is 273 Å². The topological polar surface area (TPSA) is 115 Å². The molecule has 0 heterocycles. The Kier molecular flexibility index (Phi) is 11.5. The molecule has 4 aromatic carbocycles. The number of rotatable bonds is 12. The molecule has 0 fully saturated rings. The van der Waals surface area contributed by atoms with Crippen LogP contribution < -0.4 is 30.2 Å². The normalized spacial score (nSPS) is 11.3. The maximum Gasteiger partial charge on any atom is 0.418 e. The van der Waals surface area contributed by atoms with Crippen LogP contribution >= 0.6 is 11.8 Å². The van der Waals surface area contributed by atoms with Crippen molar-refractivity contribution in [2.75, 3.05) is 37.7 Å². The molecule has 0 saturated heterocycles. The number of anilines is 2. The second-order valence-corrected chi connectivity index (χ2v) is 10.7. The third-order valence-electron chi connectivity index (χ3n) is 6.50. The van der Waals surface area contributed by atoms with E-state index in [9.17, 15) is 27.6 Å². The first-order valence-electron chi connectivity index (χ1n) is 13.9. The summed E-state index contributed by atoms with van der Waals surface area (Å²) in [6.45, 7) is 0. The molecule has 47 heavy (non-hydrogen) atoms. The summed E-state index contributed by atoms with van der Waals surface area (Å²) in [6, 6.07) is 22.8. The molecule has 13 heteroatoms. The summed E-state index contributed by atoms with van der Waals surface area (Å²) >= 11 is 1.06. The molecular weight excluding hydrogens is 635 g/mol. The number of amides is 3. The molecule has 3 amide bonds. The van der Waals surface area contributed by atoms with E-state index in [4.69, 9.17) is 14.2 Å². The Morgan fingerprint density at radius 3 is 2.09 bits per heavy atom. The van der Waals surface area contributed by atoms with E-state index in [0.29, 0.717) is 39.0 Å². The van der Waals surface area contributed by atoms with Crippen molar-refractivity contribution in [3.63, 3.8) is 0 Å². The maximum atomic E-state index is 13.6. The van der Waals surface area contributed by atoms with Gasteiger partial charge in [0.1, 0.15) is 5.70 Å². The van der Waals surface area contributed by atoms with Gasteiger partial charge in [0.2, 0.25) is 11.7 Å². The second kappa shape index (κ2) is 15.7. The highest BCUT2D eigenvalue weighted by Gasteiger charge is 2.33. The summed E-state index contributed by atoms with van der Waals surface area (Å²) < 4.78 is 56.1. The van der Waals surface area contributed by atoms with Crippen LogP contribution in [0.25, 0.3) is 6.08 Å². The summed E-state index contributed by atoms with van der Waals surface area (Å²) in [6.07, 6.45) is -3.18. The SMILES string of the molecule is COc1cc(/C=C(/NC(=O)c2ccccc2)C(=O)Nc2cccc(SCC(=O)Nc3ccccc3C(F)(F)F)c2)cc(OC)c1OC. The molecule has 0 aliphatic carbocycles. The Morgan fingerprint density at radius 1 is 0.787 bits per heavy atom. The Bertz CT molecular complexity index is 1760. The average Bonchev–Trinajstić information content (AvgIpc) is 3.06. The zero-order chi connectivity index (χ0) is 34.0. The molecular formula is C34H30F3N3O6S. The van der Waals surface area contributed by atoms with Crippen molar-refractivity contribution in [2.24, 2.45) is 0 Å². The molecule has 0 spiro atoms. The lowest BCUT2D eigenvalue weighted by molar-refractivity contribution is -0.137. The first-order chi connectivity index (χ1) is 22.5. The molecule has 4 aromatic rings. The van der Waals surface area contributed by atoms with Gasteiger partial charge in [-0.15, -0.1) is 11.8 Å². The standard InChI is InChI=1S/C34H30F3N3O6S/c1-44-28-17-21(18-29(45-2)31(28)46-3)16-27(40-32(42)22-10-5-4-6-11-22)33(43)38-23-12-9-13-24(19-23)47-20-30(41)39-26-15-8-7-14-25(26)34(35,36)37/h4-19H,20H2,1-3H3,(H,38,43)(H,39,41)(H,40,42)/b27-16+. The van der Waals surface area contributed by atoms with E-state index in [1.54, 1.807) is 66.7 Å². The number of hydrogen-bond donors (Lipinski definition) is 3. The minimum atomic E-state index is -4.62. The molecule has 0 atom stereocenters. The average molecular weight is 666 g/mol. The number of methoxy groups -OCH3 is 3. The zero-order valence-electron chi connectivity index (χ0n) is 25.4. The van der Waals surface area contributed by atoms with Gasteiger partial charge in [-0.2, -0.15) is 13.2 Å². The summed E-state index contributed by atoms with van der Waals surface area (Å²) in [7, 11) is 4.36. The third kappa shape index (κ3) is 9.30. The fraction of sp³-hybridized carbons (Fsp3) is 0.147. The Morgan fingerprint density at radius 2 is 1.45 bits per heavy atom. The summed E-state index contributed by atoms with van der Waals surface area (Å²) in [4.78, 5) is 39.7. The number of alkyl halides is 3. The minimum Gasteiger partial charge on any atom is -0.493 e. The van der Waals surface area contributed by atoms with Crippen LogP contribution in [0.1, 0.15) is 21.5 Å². The van der Waals surface area contributed by atoms with E-state index in [0.717, 1.165) is 17.8 Å². The highest BCUT2D eigenvalue weighted by atomic mass is 32.2. The van der Waals surface area contributed by atoms with Gasteiger partial charge in [-0.1, -0.05) is 36.4 Å². The van der Waals surface area contributed by atoms with Crippen molar-refractivity contribution < 1.29 is 41.8 Å². The molecule has 0 aromatic heterocycles. The number of hydrogen-bond acceptors (Lipinski definition) is 7. The fourth-order valence-corrected chi connectivity index (χ4v) is 5.09. The first kappa shape index (κ1) is 34.4. The van der Waals surface area contributed by atoms with Crippen LogP contribution in [0.5, 0.6) is 17.2 Å². The largest absolute Gasteiger partial charge is 0.493 e. The molecule has 0 saturated carbocycles. The van der Waals surface area contributed by atoms with Crippen molar-refractivity contribution in [2.45, 2.75) is 11.1 Å². The van der Waals surface area contributed by atoms with Gasteiger partial charge in [-0.25, -0.2) is 0 Å². The van der Waals surface area contributed by atoms with Gasteiger partial charge >= 0.3 is 6.18 Å². The number of ether oxygens (including phenoxy) is 3. The van der Waals surface area contributed by atoms with E-state index in [1.165, 1.54) is 45.6 Å². The second-order valence-electron chi connectivity index (χ2n) is 9.70. The van der Waals surface area contributed by atoms with E-state index in [1.807, 2.05) is 0 Å². The molecule has 0 radical (unpaired) electrons. The molecule has 244 valence electrons. The number of nitrogens with one attached hydrogen (secondary N) is 3. The molecule has 3 N–H and O–H groups in total. The predicted octanol–water partition coefficient (Wildman–Crippen LogP) is 6.87. The Balaban J connectivity index is 1.53. The minimum absolute atomic E-state index is 0.103. The number of thioether (sulfide) groups is 1. The first-order valence-corrected chi connectivity index (χ1v) is 14.9. The monoisotopic (exact) mass is 665 g/mol. The van der Waals surface area contributed by atoms with Crippen LogP contribution in [0.4, 0.5) is 24.5 Å².